The SMILES string of the molecule is N#CC1(C#N)COC23CCC4(CC2C1(C#N)C(=N)O3)OCCO4. The quantitative estimate of drug-likeness (QED) is 0.699. The third kappa shape index (κ3) is 1.41. The van der Waals surface area contributed by atoms with Crippen molar-refractivity contribution in [2.75, 3.05) is 19.8 Å². The van der Waals surface area contributed by atoms with E-state index < -0.39 is 28.3 Å². The number of hydrogen-bond donors (Lipinski definition) is 1. The molecule has 4 fully saturated rings. The Morgan fingerprint density at radius 1 is 1.00 bits per heavy atom. The lowest BCUT2D eigenvalue weighted by molar-refractivity contribution is -0.308. The summed E-state index contributed by atoms with van der Waals surface area (Å²) in [6.07, 6.45) is 1.16. The molecule has 8 heteroatoms. The summed E-state index contributed by atoms with van der Waals surface area (Å²) in [5, 5.41) is 37.3. The number of hydrogen-bond acceptors (Lipinski definition) is 8. The summed E-state index contributed by atoms with van der Waals surface area (Å²) in [7, 11) is 0. The number of nitrogens with one attached hydrogen (secondary N) is 1. The normalized spacial score (nSPS) is 42.1. The van der Waals surface area contributed by atoms with Crippen LogP contribution in [-0.2, 0) is 18.9 Å². The molecule has 0 aromatic heterocycles. The van der Waals surface area contributed by atoms with Crippen LogP contribution in [0.25, 0.3) is 0 Å². The Labute approximate surface area is 132 Å². The van der Waals surface area contributed by atoms with Crippen LogP contribution in [0.3, 0.4) is 0 Å². The zero-order valence-corrected chi connectivity index (χ0v) is 12.3. The van der Waals surface area contributed by atoms with Crippen molar-refractivity contribution in [2.45, 2.75) is 30.8 Å². The fraction of sp³-hybridized carbons (Fsp3) is 0.733. The van der Waals surface area contributed by atoms with Gasteiger partial charge in [-0.25, -0.2) is 0 Å². The second kappa shape index (κ2) is 4.21. The van der Waals surface area contributed by atoms with E-state index >= 15 is 0 Å². The lowest BCUT2D eigenvalue weighted by atomic mass is 9.54. The van der Waals surface area contributed by atoms with E-state index in [9.17, 15) is 15.8 Å². The molecule has 0 amide bonds. The van der Waals surface area contributed by atoms with Crippen molar-refractivity contribution >= 4 is 5.90 Å². The van der Waals surface area contributed by atoms with E-state index in [-0.39, 0.29) is 18.9 Å². The molecular formula is C15H14N4O4. The fourth-order valence-corrected chi connectivity index (χ4v) is 4.41. The van der Waals surface area contributed by atoms with Crippen LogP contribution in [0.4, 0.5) is 0 Å². The second-order valence-corrected chi connectivity index (χ2v) is 6.44. The predicted molar refractivity (Wildman–Crippen MR) is 71.2 cm³/mol. The number of rotatable bonds is 0. The average molecular weight is 314 g/mol. The minimum Gasteiger partial charge on any atom is -0.447 e. The monoisotopic (exact) mass is 314 g/mol. The molecule has 4 rings (SSSR count). The van der Waals surface area contributed by atoms with Crippen LogP contribution < -0.4 is 0 Å². The Bertz CT molecular complexity index is 696. The Kier molecular flexibility index (Phi) is 2.64. The third-order valence-electron chi connectivity index (χ3n) is 5.63. The third-order valence-corrected chi connectivity index (χ3v) is 5.63. The first kappa shape index (κ1) is 14.4. The van der Waals surface area contributed by atoms with Gasteiger partial charge in [0.05, 0.1) is 43.9 Å². The molecule has 3 saturated heterocycles. The summed E-state index contributed by atoms with van der Waals surface area (Å²) >= 11 is 0. The molecule has 3 atom stereocenters. The molecular weight excluding hydrogens is 300 g/mol. The highest BCUT2D eigenvalue weighted by atomic mass is 16.7. The topological polar surface area (TPSA) is 132 Å². The van der Waals surface area contributed by atoms with Crippen LogP contribution in [0.2, 0.25) is 0 Å². The molecule has 1 N–H and O–H groups in total. The van der Waals surface area contributed by atoms with Gasteiger partial charge < -0.3 is 18.9 Å². The highest BCUT2D eigenvalue weighted by molar-refractivity contribution is 5.89. The van der Waals surface area contributed by atoms with Crippen LogP contribution >= 0.6 is 0 Å². The largest absolute Gasteiger partial charge is 0.447 e. The molecule has 3 unspecified atom stereocenters. The van der Waals surface area contributed by atoms with Gasteiger partial charge in [0.1, 0.15) is 0 Å². The molecule has 1 aliphatic carbocycles. The van der Waals surface area contributed by atoms with E-state index in [0.29, 0.717) is 26.1 Å². The minimum atomic E-state index is -1.78. The summed E-state index contributed by atoms with van der Waals surface area (Å²) in [6.45, 7) is 0.668. The van der Waals surface area contributed by atoms with E-state index in [1.165, 1.54) is 0 Å². The average Bonchev–Trinajstić information content (AvgIpc) is 3.09. The Morgan fingerprint density at radius 3 is 2.30 bits per heavy atom. The molecule has 0 aromatic rings. The van der Waals surface area contributed by atoms with Crippen LogP contribution in [0.15, 0.2) is 0 Å². The molecule has 8 nitrogen and oxygen atoms in total. The van der Waals surface area contributed by atoms with Gasteiger partial charge in [0.15, 0.2) is 16.6 Å². The molecule has 23 heavy (non-hydrogen) atoms. The van der Waals surface area contributed by atoms with Gasteiger partial charge in [-0.2, -0.15) is 15.8 Å². The van der Waals surface area contributed by atoms with Crippen molar-refractivity contribution in [1.29, 1.82) is 21.2 Å². The minimum absolute atomic E-state index is 0.249. The van der Waals surface area contributed by atoms with Crippen molar-refractivity contribution in [1.82, 2.24) is 0 Å². The summed E-state index contributed by atoms with van der Waals surface area (Å²) < 4.78 is 22.9. The first-order chi connectivity index (χ1) is 11.0. The van der Waals surface area contributed by atoms with Gasteiger partial charge in [0.25, 0.3) is 0 Å². The molecule has 3 aliphatic heterocycles. The Hall–Kier alpha value is -2.18. The first-order valence-electron chi connectivity index (χ1n) is 7.46. The van der Waals surface area contributed by atoms with Crippen molar-refractivity contribution in [3.05, 3.63) is 0 Å². The van der Waals surface area contributed by atoms with E-state index in [0.717, 1.165) is 0 Å². The Balaban J connectivity index is 1.88. The highest BCUT2D eigenvalue weighted by Gasteiger charge is 2.79. The molecule has 118 valence electrons. The van der Waals surface area contributed by atoms with Crippen LogP contribution in [0.5, 0.6) is 0 Å². The van der Waals surface area contributed by atoms with Gasteiger partial charge in [0.2, 0.25) is 11.7 Å². The summed E-state index contributed by atoms with van der Waals surface area (Å²) in [4.78, 5) is 0. The number of ether oxygens (including phenoxy) is 4. The van der Waals surface area contributed by atoms with Crippen LogP contribution in [-0.4, -0.2) is 37.3 Å². The molecule has 0 radical (unpaired) electrons. The van der Waals surface area contributed by atoms with E-state index in [4.69, 9.17) is 24.4 Å². The smallest absolute Gasteiger partial charge is 0.217 e. The highest BCUT2D eigenvalue weighted by Crippen LogP contribution is 2.66. The van der Waals surface area contributed by atoms with Gasteiger partial charge in [-0.1, -0.05) is 0 Å². The maximum Gasteiger partial charge on any atom is 0.217 e. The van der Waals surface area contributed by atoms with Crippen molar-refractivity contribution in [2.24, 2.45) is 16.7 Å². The lowest BCUT2D eigenvalue weighted by Crippen LogP contribution is -2.62. The summed E-state index contributed by atoms with van der Waals surface area (Å²) in [5.41, 5.74) is -3.45. The molecule has 4 aliphatic rings. The number of nitrogens with zero attached hydrogens (tertiary/aromatic N) is 3. The molecule has 0 aromatic carbocycles. The second-order valence-electron chi connectivity index (χ2n) is 6.44. The molecule has 2 bridgehead atoms. The number of nitriles is 3. The maximum atomic E-state index is 9.89. The van der Waals surface area contributed by atoms with Crippen LogP contribution in [0, 0.1) is 56.2 Å². The van der Waals surface area contributed by atoms with Gasteiger partial charge in [-0.3, -0.25) is 5.41 Å². The van der Waals surface area contributed by atoms with Gasteiger partial charge >= 0.3 is 0 Å². The van der Waals surface area contributed by atoms with Gasteiger partial charge in [-0.15, -0.1) is 0 Å². The molecule has 1 saturated carbocycles. The standard InChI is InChI=1S/C15H14N4O4/c16-6-12(7-17)9-22-15-2-1-13(20-3-4-21-13)5-10(15)14(12,8-18)11(19)23-15/h10,19H,1-5,9H2. The van der Waals surface area contributed by atoms with Crippen molar-refractivity contribution in [3.63, 3.8) is 0 Å². The van der Waals surface area contributed by atoms with Crippen LogP contribution in [0.1, 0.15) is 19.3 Å². The maximum absolute atomic E-state index is 9.89. The summed E-state index contributed by atoms with van der Waals surface area (Å²) in [5.74, 6) is -3.01. The summed E-state index contributed by atoms with van der Waals surface area (Å²) in [6, 6.07) is 5.90. The zero-order valence-electron chi connectivity index (χ0n) is 12.3. The van der Waals surface area contributed by atoms with E-state index in [2.05, 4.69) is 6.07 Å². The fourth-order valence-electron chi connectivity index (χ4n) is 4.41. The van der Waals surface area contributed by atoms with E-state index in [1.54, 1.807) is 0 Å². The van der Waals surface area contributed by atoms with Crippen molar-refractivity contribution in [3.8, 4) is 18.2 Å². The lowest BCUT2D eigenvalue weighted by Gasteiger charge is -2.51. The Morgan fingerprint density at radius 2 is 1.70 bits per heavy atom. The molecule has 1 spiro atoms. The predicted octanol–water partition coefficient (Wildman–Crippen LogP) is 0.807. The van der Waals surface area contributed by atoms with Gasteiger partial charge in [0, 0.05) is 19.3 Å². The first-order valence-corrected chi connectivity index (χ1v) is 7.46. The zero-order chi connectivity index (χ0) is 16.3. The molecule has 3 heterocycles. The van der Waals surface area contributed by atoms with Crippen molar-refractivity contribution < 1.29 is 18.9 Å². The van der Waals surface area contributed by atoms with Gasteiger partial charge in [-0.05, 0) is 0 Å². The van der Waals surface area contributed by atoms with E-state index in [1.807, 2.05) is 12.1 Å².